The van der Waals surface area contributed by atoms with Crippen LogP contribution in [-0.2, 0) is 0 Å². The lowest BCUT2D eigenvalue weighted by Gasteiger charge is -2.20. The van der Waals surface area contributed by atoms with Crippen molar-refractivity contribution in [2.24, 2.45) is 0 Å². The van der Waals surface area contributed by atoms with Gasteiger partial charge in [0.25, 0.3) is 0 Å². The highest BCUT2D eigenvalue weighted by molar-refractivity contribution is 6.02. The normalized spacial score (nSPS) is 10.2. The van der Waals surface area contributed by atoms with E-state index in [1.807, 2.05) is 38.1 Å². The largest absolute Gasteiger partial charge is 0.399 e. The number of carbonyl (C=O) groups is 1. The van der Waals surface area contributed by atoms with E-state index in [0.717, 1.165) is 11.3 Å². The molecule has 0 radical (unpaired) electrons. The third kappa shape index (κ3) is 3.09. The molecule has 0 atom stereocenters. The number of hydrogen-bond acceptors (Lipinski definition) is 2. The van der Waals surface area contributed by atoms with Crippen LogP contribution in [0.3, 0.4) is 0 Å². The maximum Gasteiger partial charge on any atom is 0.326 e. The number of rotatable bonds is 2. The smallest absolute Gasteiger partial charge is 0.326 e. The van der Waals surface area contributed by atoms with Crippen molar-refractivity contribution in [3.63, 3.8) is 0 Å². The summed E-state index contributed by atoms with van der Waals surface area (Å²) in [6.45, 7) is 4.02. The minimum Gasteiger partial charge on any atom is -0.399 e. The lowest BCUT2D eigenvalue weighted by Crippen LogP contribution is -2.31. The molecule has 0 aliphatic carbocycles. The first-order valence-corrected chi connectivity index (χ1v) is 6.45. The molecule has 0 saturated heterocycles. The van der Waals surface area contributed by atoms with Gasteiger partial charge in [-0.15, -0.1) is 0 Å². The van der Waals surface area contributed by atoms with E-state index < -0.39 is 0 Å². The number of nitrogen functional groups attached to an aromatic ring is 1. The topological polar surface area (TPSA) is 58.4 Å². The van der Waals surface area contributed by atoms with Crippen LogP contribution >= 0.6 is 0 Å². The van der Waals surface area contributed by atoms with Crippen LogP contribution in [0.15, 0.2) is 42.5 Å². The lowest BCUT2D eigenvalue weighted by molar-refractivity contribution is 0.258. The Balaban J connectivity index is 2.16. The Morgan fingerprint density at radius 3 is 2.55 bits per heavy atom. The predicted molar refractivity (Wildman–Crippen MR) is 84.2 cm³/mol. The average molecular weight is 269 g/mol. The van der Waals surface area contributed by atoms with Crippen molar-refractivity contribution < 1.29 is 4.79 Å². The average Bonchev–Trinajstić information content (AvgIpc) is 2.38. The third-order valence-corrected chi connectivity index (χ3v) is 3.16. The molecular weight excluding hydrogens is 250 g/mol. The molecule has 4 heteroatoms. The number of nitrogens with zero attached hydrogens (tertiary/aromatic N) is 1. The Bertz CT molecular complexity index is 637. The Hall–Kier alpha value is -2.49. The van der Waals surface area contributed by atoms with Gasteiger partial charge in [-0.3, -0.25) is 4.90 Å². The highest BCUT2D eigenvalue weighted by atomic mass is 16.2. The molecule has 0 unspecified atom stereocenters. The number of aryl methyl sites for hydroxylation is 2. The van der Waals surface area contributed by atoms with Crippen LogP contribution in [-0.4, -0.2) is 13.1 Å². The minimum absolute atomic E-state index is 0.192. The number of carbonyl (C=O) groups excluding carboxylic acids is 1. The highest BCUT2D eigenvalue weighted by Gasteiger charge is 2.13. The number of amides is 2. The fourth-order valence-corrected chi connectivity index (χ4v) is 2.11. The second-order valence-corrected chi connectivity index (χ2v) is 4.90. The van der Waals surface area contributed by atoms with Gasteiger partial charge < -0.3 is 11.1 Å². The van der Waals surface area contributed by atoms with Gasteiger partial charge in [0.1, 0.15) is 0 Å². The quantitative estimate of drug-likeness (QED) is 0.819. The molecule has 0 heterocycles. The molecule has 0 fully saturated rings. The van der Waals surface area contributed by atoms with Gasteiger partial charge in [0, 0.05) is 24.1 Å². The van der Waals surface area contributed by atoms with Crippen LogP contribution in [0.25, 0.3) is 0 Å². The van der Waals surface area contributed by atoms with E-state index in [9.17, 15) is 4.79 Å². The SMILES string of the molecule is Cc1ccc(N(C)C(=O)Nc2cccc(N)c2)c(C)c1. The molecule has 104 valence electrons. The van der Waals surface area contributed by atoms with E-state index >= 15 is 0 Å². The van der Waals surface area contributed by atoms with Crippen LogP contribution in [0, 0.1) is 13.8 Å². The van der Waals surface area contributed by atoms with E-state index in [1.165, 1.54) is 5.56 Å². The summed E-state index contributed by atoms with van der Waals surface area (Å²) < 4.78 is 0. The zero-order valence-electron chi connectivity index (χ0n) is 12.0. The number of benzene rings is 2. The molecular formula is C16H19N3O. The number of anilines is 3. The monoisotopic (exact) mass is 269 g/mol. The predicted octanol–water partition coefficient (Wildman–Crippen LogP) is 3.55. The van der Waals surface area contributed by atoms with Gasteiger partial charge in [0.2, 0.25) is 0 Å². The van der Waals surface area contributed by atoms with E-state index in [0.29, 0.717) is 11.4 Å². The third-order valence-electron chi connectivity index (χ3n) is 3.16. The summed E-state index contributed by atoms with van der Waals surface area (Å²) in [5.41, 5.74) is 10.1. The van der Waals surface area contributed by atoms with Gasteiger partial charge in [0.05, 0.1) is 0 Å². The van der Waals surface area contributed by atoms with E-state index in [1.54, 1.807) is 24.1 Å². The van der Waals surface area contributed by atoms with Crippen LogP contribution in [0.4, 0.5) is 21.9 Å². The molecule has 2 aromatic carbocycles. The fourth-order valence-electron chi connectivity index (χ4n) is 2.11. The zero-order chi connectivity index (χ0) is 14.7. The highest BCUT2D eigenvalue weighted by Crippen LogP contribution is 2.21. The number of urea groups is 1. The summed E-state index contributed by atoms with van der Waals surface area (Å²) in [6, 6.07) is 12.9. The maximum absolute atomic E-state index is 12.2. The first kappa shape index (κ1) is 13.9. The van der Waals surface area contributed by atoms with Gasteiger partial charge in [0.15, 0.2) is 0 Å². The molecule has 2 rings (SSSR count). The van der Waals surface area contributed by atoms with Gasteiger partial charge in [-0.2, -0.15) is 0 Å². The fraction of sp³-hybridized carbons (Fsp3) is 0.188. The van der Waals surface area contributed by atoms with Crippen molar-refractivity contribution in [3.05, 3.63) is 53.6 Å². The number of hydrogen-bond donors (Lipinski definition) is 2. The Kier molecular flexibility index (Phi) is 3.94. The number of nitrogens with one attached hydrogen (secondary N) is 1. The van der Waals surface area contributed by atoms with Crippen molar-refractivity contribution in [1.82, 2.24) is 0 Å². The molecule has 0 aliphatic rings. The first-order chi connectivity index (χ1) is 9.47. The van der Waals surface area contributed by atoms with Gasteiger partial charge in [-0.05, 0) is 43.7 Å². The van der Waals surface area contributed by atoms with E-state index in [2.05, 4.69) is 11.4 Å². The van der Waals surface area contributed by atoms with E-state index in [-0.39, 0.29) is 6.03 Å². The van der Waals surface area contributed by atoms with Crippen LogP contribution < -0.4 is 16.0 Å². The summed E-state index contributed by atoms with van der Waals surface area (Å²) in [5, 5.41) is 2.83. The van der Waals surface area contributed by atoms with Gasteiger partial charge in [-0.25, -0.2) is 4.79 Å². The Morgan fingerprint density at radius 2 is 1.90 bits per heavy atom. The summed E-state index contributed by atoms with van der Waals surface area (Å²) in [7, 11) is 1.75. The molecule has 0 bridgehead atoms. The molecule has 4 nitrogen and oxygen atoms in total. The van der Waals surface area contributed by atoms with Crippen molar-refractivity contribution in [3.8, 4) is 0 Å². The summed E-state index contributed by atoms with van der Waals surface area (Å²) in [4.78, 5) is 13.8. The van der Waals surface area contributed by atoms with Crippen molar-refractivity contribution in [1.29, 1.82) is 0 Å². The Labute approximate surface area is 119 Å². The van der Waals surface area contributed by atoms with Crippen LogP contribution in [0.1, 0.15) is 11.1 Å². The summed E-state index contributed by atoms with van der Waals surface area (Å²) in [6.07, 6.45) is 0. The molecule has 0 aromatic heterocycles. The van der Waals surface area contributed by atoms with E-state index in [4.69, 9.17) is 5.73 Å². The second-order valence-electron chi connectivity index (χ2n) is 4.90. The van der Waals surface area contributed by atoms with Crippen molar-refractivity contribution in [2.45, 2.75) is 13.8 Å². The maximum atomic E-state index is 12.2. The van der Waals surface area contributed by atoms with Gasteiger partial charge in [-0.1, -0.05) is 23.8 Å². The lowest BCUT2D eigenvalue weighted by atomic mass is 10.1. The first-order valence-electron chi connectivity index (χ1n) is 6.45. The number of nitrogens with two attached hydrogens (primary N) is 1. The molecule has 3 N–H and O–H groups in total. The molecule has 0 aliphatic heterocycles. The summed E-state index contributed by atoms with van der Waals surface area (Å²) >= 11 is 0. The minimum atomic E-state index is -0.192. The molecule has 2 aromatic rings. The molecule has 0 saturated carbocycles. The zero-order valence-corrected chi connectivity index (χ0v) is 12.0. The Morgan fingerprint density at radius 1 is 1.15 bits per heavy atom. The van der Waals surface area contributed by atoms with Gasteiger partial charge >= 0.3 is 6.03 Å². The van der Waals surface area contributed by atoms with Crippen molar-refractivity contribution >= 4 is 23.1 Å². The summed E-state index contributed by atoms with van der Waals surface area (Å²) in [5.74, 6) is 0. The molecule has 20 heavy (non-hydrogen) atoms. The van der Waals surface area contributed by atoms with Crippen molar-refractivity contribution in [2.75, 3.05) is 23.0 Å². The standard InChI is InChI=1S/C16H19N3O/c1-11-7-8-15(12(2)9-11)19(3)16(20)18-14-6-4-5-13(17)10-14/h4-10H,17H2,1-3H3,(H,18,20). The molecule has 2 amide bonds. The van der Waals surface area contributed by atoms with Crippen LogP contribution in [0.2, 0.25) is 0 Å². The molecule has 0 spiro atoms. The van der Waals surface area contributed by atoms with Crippen LogP contribution in [0.5, 0.6) is 0 Å². The second kappa shape index (κ2) is 5.65.